The first-order valence-corrected chi connectivity index (χ1v) is 4.64. The van der Waals surface area contributed by atoms with Gasteiger partial charge >= 0.3 is 0 Å². The van der Waals surface area contributed by atoms with Crippen LogP contribution in [0.2, 0.25) is 0 Å². The van der Waals surface area contributed by atoms with Gasteiger partial charge in [0.15, 0.2) is 0 Å². The van der Waals surface area contributed by atoms with E-state index in [1.807, 2.05) is 0 Å². The smallest absolute Gasteiger partial charge is 0.0235 e. The molecule has 0 aromatic carbocycles. The topological polar surface area (TPSA) is 3.24 Å². The quantitative estimate of drug-likeness (QED) is 0.572. The Labute approximate surface area is 68.4 Å². The Morgan fingerprint density at radius 3 is 2.90 bits per heavy atom. The van der Waals surface area contributed by atoms with Crippen LogP contribution >= 0.6 is 11.6 Å². The number of halogens is 1. The molecule has 0 spiro atoms. The molecule has 10 heavy (non-hydrogen) atoms. The number of alkyl halides is 1. The van der Waals surface area contributed by atoms with Crippen molar-refractivity contribution in [3.05, 3.63) is 0 Å². The van der Waals surface area contributed by atoms with E-state index < -0.39 is 0 Å². The van der Waals surface area contributed by atoms with E-state index >= 15 is 0 Å². The summed E-state index contributed by atoms with van der Waals surface area (Å²) in [5, 5.41) is 0. The average Bonchev–Trinajstić information content (AvgIpc) is 2.31. The summed E-state index contributed by atoms with van der Waals surface area (Å²) in [7, 11) is 0. The Kier molecular flexibility index (Phi) is 3.50. The lowest BCUT2D eigenvalue weighted by molar-refractivity contribution is 0.329. The highest BCUT2D eigenvalue weighted by molar-refractivity contribution is 6.17. The predicted molar refractivity (Wildman–Crippen MR) is 45.6 cm³/mol. The minimum atomic E-state index is 0.810. The largest absolute Gasteiger partial charge is 0.303 e. The minimum absolute atomic E-state index is 0.810. The molecule has 1 heterocycles. The molecular weight excluding hydrogens is 146 g/mol. The molecule has 0 bridgehead atoms. The molecule has 0 unspecified atom stereocenters. The molecule has 1 fully saturated rings. The van der Waals surface area contributed by atoms with E-state index in [-0.39, 0.29) is 0 Å². The van der Waals surface area contributed by atoms with Crippen molar-refractivity contribution in [2.45, 2.75) is 19.8 Å². The average molecular weight is 162 g/mol. The summed E-state index contributed by atoms with van der Waals surface area (Å²) in [4.78, 5) is 2.51. The van der Waals surface area contributed by atoms with Gasteiger partial charge in [-0.2, -0.15) is 0 Å². The summed E-state index contributed by atoms with van der Waals surface area (Å²) < 4.78 is 0. The van der Waals surface area contributed by atoms with Crippen LogP contribution in [0, 0.1) is 5.92 Å². The lowest BCUT2D eigenvalue weighted by atomic mass is 10.2. The van der Waals surface area contributed by atoms with Crippen LogP contribution in [0.25, 0.3) is 0 Å². The second kappa shape index (κ2) is 4.20. The van der Waals surface area contributed by atoms with E-state index in [9.17, 15) is 0 Å². The molecule has 0 N–H and O–H groups in total. The lowest BCUT2D eigenvalue weighted by Gasteiger charge is -2.13. The van der Waals surface area contributed by atoms with Crippen molar-refractivity contribution in [3.63, 3.8) is 0 Å². The number of hydrogen-bond donors (Lipinski definition) is 0. The van der Waals surface area contributed by atoms with E-state index in [1.165, 1.54) is 26.1 Å². The number of likely N-dealkylation sites (tertiary alicyclic amines) is 1. The highest BCUT2D eigenvalue weighted by Crippen LogP contribution is 2.14. The third-order valence-corrected chi connectivity index (χ3v) is 2.38. The molecule has 0 saturated carbocycles. The standard InChI is InChI=1S/C8H16ClN/c1-8-3-6-10(7-8)5-2-4-9/h8H,2-7H2,1H3/t8-/m0/s1. The third-order valence-electron chi connectivity index (χ3n) is 2.12. The normalized spacial score (nSPS) is 27.6. The van der Waals surface area contributed by atoms with Crippen LogP contribution in [-0.2, 0) is 0 Å². The zero-order valence-corrected chi connectivity index (χ0v) is 7.40. The minimum Gasteiger partial charge on any atom is -0.303 e. The van der Waals surface area contributed by atoms with Crippen molar-refractivity contribution in [2.24, 2.45) is 5.92 Å². The van der Waals surface area contributed by atoms with Gasteiger partial charge in [0.25, 0.3) is 0 Å². The first-order chi connectivity index (χ1) is 4.83. The summed E-state index contributed by atoms with van der Waals surface area (Å²) in [6.45, 7) is 6.10. The van der Waals surface area contributed by atoms with E-state index in [1.54, 1.807) is 0 Å². The van der Waals surface area contributed by atoms with Crippen molar-refractivity contribution in [1.29, 1.82) is 0 Å². The Bertz CT molecular complexity index is 95.3. The van der Waals surface area contributed by atoms with Gasteiger partial charge in [0.1, 0.15) is 0 Å². The van der Waals surface area contributed by atoms with Crippen LogP contribution in [-0.4, -0.2) is 30.4 Å². The Balaban J connectivity index is 2.06. The van der Waals surface area contributed by atoms with Crippen LogP contribution in [0.15, 0.2) is 0 Å². The Hall–Kier alpha value is 0.250. The maximum absolute atomic E-state index is 5.59. The molecule has 1 atom stereocenters. The molecule has 0 aliphatic carbocycles. The van der Waals surface area contributed by atoms with Crippen molar-refractivity contribution in [3.8, 4) is 0 Å². The van der Waals surface area contributed by atoms with Crippen molar-refractivity contribution < 1.29 is 0 Å². The van der Waals surface area contributed by atoms with Gasteiger partial charge in [-0.25, -0.2) is 0 Å². The highest BCUT2D eigenvalue weighted by Gasteiger charge is 2.16. The summed E-state index contributed by atoms with van der Waals surface area (Å²) in [6, 6.07) is 0. The van der Waals surface area contributed by atoms with E-state index in [2.05, 4.69) is 11.8 Å². The van der Waals surface area contributed by atoms with Crippen LogP contribution in [0.1, 0.15) is 19.8 Å². The summed E-state index contributed by atoms with van der Waals surface area (Å²) >= 11 is 5.59. The van der Waals surface area contributed by atoms with Gasteiger partial charge < -0.3 is 4.90 Å². The Morgan fingerprint density at radius 2 is 2.40 bits per heavy atom. The van der Waals surface area contributed by atoms with E-state index in [0.717, 1.165) is 18.2 Å². The number of hydrogen-bond acceptors (Lipinski definition) is 1. The van der Waals surface area contributed by atoms with Gasteiger partial charge in [0.2, 0.25) is 0 Å². The van der Waals surface area contributed by atoms with E-state index in [4.69, 9.17) is 11.6 Å². The van der Waals surface area contributed by atoms with Crippen LogP contribution < -0.4 is 0 Å². The molecule has 1 rings (SSSR count). The fourth-order valence-corrected chi connectivity index (χ4v) is 1.63. The number of nitrogens with zero attached hydrogens (tertiary/aromatic N) is 1. The van der Waals surface area contributed by atoms with Crippen LogP contribution in [0.4, 0.5) is 0 Å². The van der Waals surface area contributed by atoms with E-state index in [0.29, 0.717) is 0 Å². The molecule has 1 aliphatic heterocycles. The molecule has 0 aromatic heterocycles. The predicted octanol–water partition coefficient (Wildman–Crippen LogP) is 1.96. The zero-order valence-electron chi connectivity index (χ0n) is 6.65. The second-order valence-corrected chi connectivity index (χ2v) is 3.61. The maximum Gasteiger partial charge on any atom is 0.0235 e. The molecule has 1 saturated heterocycles. The van der Waals surface area contributed by atoms with Crippen LogP contribution in [0.5, 0.6) is 0 Å². The van der Waals surface area contributed by atoms with Gasteiger partial charge in [0, 0.05) is 12.4 Å². The summed E-state index contributed by atoms with van der Waals surface area (Å²) in [5.74, 6) is 1.72. The van der Waals surface area contributed by atoms with Crippen molar-refractivity contribution in [2.75, 3.05) is 25.5 Å². The molecule has 0 aromatic rings. The second-order valence-electron chi connectivity index (χ2n) is 3.24. The fourth-order valence-electron chi connectivity index (χ4n) is 1.51. The highest BCUT2D eigenvalue weighted by atomic mass is 35.5. The van der Waals surface area contributed by atoms with Crippen LogP contribution in [0.3, 0.4) is 0 Å². The van der Waals surface area contributed by atoms with Gasteiger partial charge in [-0.15, -0.1) is 11.6 Å². The first-order valence-electron chi connectivity index (χ1n) is 4.11. The molecule has 1 nitrogen and oxygen atoms in total. The van der Waals surface area contributed by atoms with Gasteiger partial charge in [-0.3, -0.25) is 0 Å². The van der Waals surface area contributed by atoms with Gasteiger partial charge in [-0.1, -0.05) is 6.92 Å². The molecule has 0 amide bonds. The molecular formula is C8H16ClN. The Morgan fingerprint density at radius 1 is 1.60 bits per heavy atom. The summed E-state index contributed by atoms with van der Waals surface area (Å²) in [6.07, 6.45) is 2.52. The molecule has 0 radical (unpaired) electrons. The van der Waals surface area contributed by atoms with Gasteiger partial charge in [-0.05, 0) is 31.8 Å². The monoisotopic (exact) mass is 161 g/mol. The van der Waals surface area contributed by atoms with Crippen molar-refractivity contribution in [1.82, 2.24) is 4.90 Å². The zero-order chi connectivity index (χ0) is 7.40. The lowest BCUT2D eigenvalue weighted by Crippen LogP contribution is -2.21. The molecule has 2 heteroatoms. The number of rotatable bonds is 3. The van der Waals surface area contributed by atoms with Crippen molar-refractivity contribution >= 4 is 11.6 Å². The van der Waals surface area contributed by atoms with Gasteiger partial charge in [0.05, 0.1) is 0 Å². The molecule has 60 valence electrons. The molecule has 1 aliphatic rings. The fraction of sp³-hybridized carbons (Fsp3) is 1.00. The maximum atomic E-state index is 5.59. The SMILES string of the molecule is C[C@H]1CCN(CCCCl)C1. The first kappa shape index (κ1) is 8.35. The third kappa shape index (κ3) is 2.47. The summed E-state index contributed by atoms with van der Waals surface area (Å²) in [5.41, 5.74) is 0.